The molecule has 0 saturated heterocycles. The van der Waals surface area contributed by atoms with Crippen LogP contribution in [0.5, 0.6) is 0 Å². The van der Waals surface area contributed by atoms with E-state index in [4.69, 9.17) is 0 Å². The lowest BCUT2D eigenvalue weighted by molar-refractivity contribution is -0.121. The largest absolute Gasteiger partial charge is 0.354 e. The fraction of sp³-hybridized carbons (Fsp3) is 0.353. The third-order valence-corrected chi connectivity index (χ3v) is 5.59. The SMILES string of the molecule is Cc1cnc2n(c1=O)C(CC(=O)NCCn1nc(-n3cncn3)ccc1=O)CS2. The van der Waals surface area contributed by atoms with E-state index in [0.717, 1.165) is 0 Å². The van der Waals surface area contributed by atoms with Crippen molar-refractivity contribution in [1.29, 1.82) is 0 Å². The lowest BCUT2D eigenvalue weighted by Crippen LogP contribution is -2.34. The van der Waals surface area contributed by atoms with E-state index in [2.05, 4.69) is 25.5 Å². The number of nitrogens with zero attached hydrogens (tertiary/aromatic N) is 7. The zero-order chi connectivity index (χ0) is 20.4. The quantitative estimate of drug-likeness (QED) is 0.537. The Morgan fingerprint density at radius 3 is 3.00 bits per heavy atom. The molecule has 4 heterocycles. The van der Waals surface area contributed by atoms with Crippen LogP contribution >= 0.6 is 11.8 Å². The molecule has 12 heteroatoms. The molecule has 0 saturated carbocycles. The van der Waals surface area contributed by atoms with E-state index >= 15 is 0 Å². The monoisotopic (exact) mass is 414 g/mol. The van der Waals surface area contributed by atoms with Gasteiger partial charge in [-0.1, -0.05) is 11.8 Å². The maximum absolute atomic E-state index is 12.3. The Bertz CT molecular complexity index is 1150. The minimum Gasteiger partial charge on any atom is -0.354 e. The summed E-state index contributed by atoms with van der Waals surface area (Å²) in [5.74, 6) is 0.882. The first-order chi connectivity index (χ1) is 14.0. The van der Waals surface area contributed by atoms with Crippen molar-refractivity contribution in [2.45, 2.75) is 31.1 Å². The topological polar surface area (TPSA) is 130 Å². The van der Waals surface area contributed by atoms with Crippen LogP contribution in [-0.2, 0) is 11.3 Å². The van der Waals surface area contributed by atoms with Gasteiger partial charge in [0.1, 0.15) is 12.7 Å². The first kappa shape index (κ1) is 19.1. The van der Waals surface area contributed by atoms with Gasteiger partial charge in [0.2, 0.25) is 5.91 Å². The van der Waals surface area contributed by atoms with Crippen LogP contribution in [0.2, 0.25) is 0 Å². The Morgan fingerprint density at radius 2 is 2.21 bits per heavy atom. The van der Waals surface area contributed by atoms with Crippen LogP contribution in [0.4, 0.5) is 0 Å². The number of nitrogens with one attached hydrogen (secondary N) is 1. The average molecular weight is 414 g/mol. The van der Waals surface area contributed by atoms with Gasteiger partial charge in [-0.15, -0.1) is 5.10 Å². The summed E-state index contributed by atoms with van der Waals surface area (Å²) in [5.41, 5.74) is 0.162. The van der Waals surface area contributed by atoms with Crippen LogP contribution in [0.15, 0.2) is 45.7 Å². The number of hydrogen-bond donors (Lipinski definition) is 1. The molecule has 1 atom stereocenters. The summed E-state index contributed by atoms with van der Waals surface area (Å²) in [7, 11) is 0. The molecule has 1 aliphatic rings. The van der Waals surface area contributed by atoms with Gasteiger partial charge in [0.05, 0.1) is 12.6 Å². The van der Waals surface area contributed by atoms with Gasteiger partial charge in [-0.25, -0.2) is 19.3 Å². The Balaban J connectivity index is 1.36. The molecule has 3 aromatic heterocycles. The molecule has 4 rings (SSSR count). The van der Waals surface area contributed by atoms with Crippen molar-refractivity contribution in [3.05, 3.63) is 57.3 Å². The van der Waals surface area contributed by atoms with Crippen LogP contribution in [-0.4, -0.2) is 52.3 Å². The molecule has 0 fully saturated rings. The van der Waals surface area contributed by atoms with Gasteiger partial charge in [0.15, 0.2) is 11.0 Å². The van der Waals surface area contributed by atoms with E-state index in [9.17, 15) is 14.4 Å². The van der Waals surface area contributed by atoms with E-state index < -0.39 is 0 Å². The minimum absolute atomic E-state index is 0.113. The van der Waals surface area contributed by atoms with Crippen molar-refractivity contribution in [2.24, 2.45) is 0 Å². The highest BCUT2D eigenvalue weighted by molar-refractivity contribution is 7.99. The van der Waals surface area contributed by atoms with Gasteiger partial charge in [0, 0.05) is 36.5 Å². The predicted octanol–water partition coefficient (Wildman–Crippen LogP) is -0.458. The Morgan fingerprint density at radius 1 is 1.34 bits per heavy atom. The molecule has 0 spiro atoms. The number of carbonyl (C=O) groups is 1. The molecule has 1 unspecified atom stereocenters. The molecule has 0 aromatic carbocycles. The number of aromatic nitrogens is 7. The van der Waals surface area contributed by atoms with Gasteiger partial charge in [-0.05, 0) is 13.0 Å². The summed E-state index contributed by atoms with van der Waals surface area (Å²) >= 11 is 1.47. The lowest BCUT2D eigenvalue weighted by Gasteiger charge is -2.14. The third-order valence-electron chi connectivity index (χ3n) is 4.47. The normalized spacial score (nSPS) is 15.3. The van der Waals surface area contributed by atoms with Gasteiger partial charge in [-0.2, -0.15) is 5.10 Å². The summed E-state index contributed by atoms with van der Waals surface area (Å²) < 4.78 is 4.29. The molecule has 150 valence electrons. The van der Waals surface area contributed by atoms with Crippen LogP contribution < -0.4 is 16.4 Å². The predicted molar refractivity (Wildman–Crippen MR) is 104 cm³/mol. The minimum atomic E-state index is -0.280. The molecular weight excluding hydrogens is 396 g/mol. The third kappa shape index (κ3) is 3.97. The second kappa shape index (κ2) is 7.99. The summed E-state index contributed by atoms with van der Waals surface area (Å²) in [6.07, 6.45) is 4.59. The van der Waals surface area contributed by atoms with Crippen LogP contribution in [0.25, 0.3) is 5.82 Å². The molecule has 0 bridgehead atoms. The van der Waals surface area contributed by atoms with E-state index in [1.807, 2.05) is 0 Å². The summed E-state index contributed by atoms with van der Waals surface area (Å²) in [6, 6.07) is 2.71. The Hall–Kier alpha value is -3.28. The van der Waals surface area contributed by atoms with Crippen LogP contribution in [0, 0.1) is 6.92 Å². The second-order valence-corrected chi connectivity index (χ2v) is 7.50. The van der Waals surface area contributed by atoms with Crippen molar-refractivity contribution < 1.29 is 4.79 Å². The first-order valence-electron chi connectivity index (χ1n) is 8.94. The zero-order valence-corrected chi connectivity index (χ0v) is 16.4. The van der Waals surface area contributed by atoms with E-state index in [0.29, 0.717) is 22.3 Å². The maximum atomic E-state index is 12.3. The van der Waals surface area contributed by atoms with E-state index in [1.54, 1.807) is 23.8 Å². The molecule has 1 amide bonds. The first-order valence-corrected chi connectivity index (χ1v) is 9.92. The van der Waals surface area contributed by atoms with Crippen molar-refractivity contribution in [1.82, 2.24) is 39.4 Å². The van der Waals surface area contributed by atoms with Gasteiger partial charge < -0.3 is 5.32 Å². The fourth-order valence-electron chi connectivity index (χ4n) is 3.01. The van der Waals surface area contributed by atoms with Crippen molar-refractivity contribution in [3.63, 3.8) is 0 Å². The number of amides is 1. The number of hydrogen-bond acceptors (Lipinski definition) is 8. The van der Waals surface area contributed by atoms with Crippen molar-refractivity contribution in [3.8, 4) is 5.82 Å². The molecule has 11 nitrogen and oxygen atoms in total. The molecular formula is C17H18N8O3S. The Kier molecular flexibility index (Phi) is 5.25. The lowest BCUT2D eigenvalue weighted by atomic mass is 10.2. The summed E-state index contributed by atoms with van der Waals surface area (Å²) in [4.78, 5) is 44.8. The molecule has 0 radical (unpaired) electrons. The van der Waals surface area contributed by atoms with Gasteiger partial charge >= 0.3 is 0 Å². The van der Waals surface area contributed by atoms with Crippen molar-refractivity contribution in [2.75, 3.05) is 12.3 Å². The van der Waals surface area contributed by atoms with Crippen molar-refractivity contribution >= 4 is 17.7 Å². The number of fused-ring (bicyclic) bond motifs is 1. The highest BCUT2D eigenvalue weighted by Gasteiger charge is 2.27. The second-order valence-electron chi connectivity index (χ2n) is 6.51. The fourth-order valence-corrected chi connectivity index (χ4v) is 4.11. The maximum Gasteiger partial charge on any atom is 0.266 e. The molecule has 29 heavy (non-hydrogen) atoms. The van der Waals surface area contributed by atoms with E-state index in [-0.39, 0.29) is 42.6 Å². The smallest absolute Gasteiger partial charge is 0.266 e. The number of aryl methyl sites for hydroxylation is 1. The number of carbonyl (C=O) groups excluding carboxylic acids is 1. The summed E-state index contributed by atoms with van der Waals surface area (Å²) in [6.45, 7) is 2.16. The molecule has 3 aromatic rings. The van der Waals surface area contributed by atoms with Crippen LogP contribution in [0.1, 0.15) is 18.0 Å². The number of rotatable bonds is 6. The van der Waals surface area contributed by atoms with E-state index in [1.165, 1.54) is 39.8 Å². The summed E-state index contributed by atoms with van der Waals surface area (Å²) in [5, 5.41) is 11.6. The highest BCUT2D eigenvalue weighted by atomic mass is 32.2. The molecule has 0 aliphatic carbocycles. The van der Waals surface area contributed by atoms with Crippen LogP contribution in [0.3, 0.4) is 0 Å². The Labute approximate surface area is 168 Å². The van der Waals surface area contributed by atoms with Gasteiger partial charge in [-0.3, -0.25) is 19.0 Å². The number of thioether (sulfide) groups is 1. The molecule has 1 N–H and O–H groups in total. The van der Waals surface area contributed by atoms with Gasteiger partial charge in [0.25, 0.3) is 11.1 Å². The standard InChI is InChI=1S/C17H18N8O3S/c1-11-7-20-17-25(16(11)28)12(8-29-17)6-14(26)19-4-5-23-15(27)3-2-13(22-23)24-10-18-9-21-24/h2-3,7,9-10,12H,4-6,8H2,1H3,(H,19,26). The molecule has 1 aliphatic heterocycles. The zero-order valence-electron chi connectivity index (χ0n) is 15.6. The highest BCUT2D eigenvalue weighted by Crippen LogP contribution is 2.31. The average Bonchev–Trinajstić information content (AvgIpc) is 3.37.